The van der Waals surface area contributed by atoms with Gasteiger partial charge in [-0.1, -0.05) is 6.42 Å². The molecule has 102 valence electrons. The fraction of sp³-hybridized carbons (Fsp3) is 0.571. The molecular weight excluding hydrogens is 306 g/mol. The highest BCUT2D eigenvalue weighted by molar-refractivity contribution is 9.10. The van der Waals surface area contributed by atoms with E-state index in [0.717, 1.165) is 22.4 Å². The number of hydrogen-bond donors (Lipinski definition) is 2. The number of nitrogens with one attached hydrogen (secondary N) is 2. The van der Waals surface area contributed by atoms with Gasteiger partial charge in [0.1, 0.15) is 4.60 Å². The van der Waals surface area contributed by atoms with Crippen LogP contribution in [0.5, 0.6) is 0 Å². The van der Waals surface area contributed by atoms with Crippen LogP contribution in [-0.2, 0) is 4.79 Å². The highest BCUT2D eigenvalue weighted by Crippen LogP contribution is 2.38. The van der Waals surface area contributed by atoms with Crippen LogP contribution in [0.4, 0.5) is 5.69 Å². The summed E-state index contributed by atoms with van der Waals surface area (Å²) in [5.41, 5.74) is 1.80. The average Bonchev–Trinajstić information content (AvgIpc) is 2.95. The third-order valence-corrected chi connectivity index (χ3v) is 5.14. The van der Waals surface area contributed by atoms with Crippen molar-refractivity contribution in [2.45, 2.75) is 32.2 Å². The van der Waals surface area contributed by atoms with Gasteiger partial charge in [0, 0.05) is 0 Å². The molecule has 1 saturated heterocycles. The summed E-state index contributed by atoms with van der Waals surface area (Å²) in [6.07, 6.45) is 5.39. The molecule has 2 fully saturated rings. The van der Waals surface area contributed by atoms with Crippen molar-refractivity contribution < 1.29 is 4.79 Å². The lowest BCUT2D eigenvalue weighted by Crippen LogP contribution is -2.39. The minimum Gasteiger partial charge on any atom is -0.323 e. The summed E-state index contributed by atoms with van der Waals surface area (Å²) in [7, 11) is 0. The van der Waals surface area contributed by atoms with Crippen molar-refractivity contribution in [1.29, 1.82) is 0 Å². The number of hydrogen-bond acceptors (Lipinski definition) is 3. The maximum Gasteiger partial charge on any atom is 0.241 e. The molecule has 5 heteroatoms. The number of aromatic nitrogens is 1. The lowest BCUT2D eigenvalue weighted by Gasteiger charge is -2.17. The normalized spacial score (nSPS) is 29.3. The Morgan fingerprint density at radius 3 is 3.16 bits per heavy atom. The first-order valence-corrected chi connectivity index (χ1v) is 7.61. The number of carbonyl (C=O) groups excluding carboxylic acids is 1. The van der Waals surface area contributed by atoms with Crippen LogP contribution in [0.3, 0.4) is 0 Å². The van der Waals surface area contributed by atoms with E-state index in [0.29, 0.717) is 11.8 Å². The maximum atomic E-state index is 12.3. The van der Waals surface area contributed by atoms with Crippen LogP contribution < -0.4 is 10.6 Å². The summed E-state index contributed by atoms with van der Waals surface area (Å²) in [5, 5.41) is 6.34. The molecule has 1 aliphatic heterocycles. The van der Waals surface area contributed by atoms with Crippen molar-refractivity contribution in [3.63, 3.8) is 0 Å². The zero-order valence-electron chi connectivity index (χ0n) is 10.9. The third-order valence-electron chi connectivity index (χ3n) is 4.31. The second-order valence-electron chi connectivity index (χ2n) is 5.56. The van der Waals surface area contributed by atoms with Crippen molar-refractivity contribution in [2.24, 2.45) is 11.8 Å². The second-order valence-corrected chi connectivity index (χ2v) is 6.31. The first-order chi connectivity index (χ1) is 9.15. The van der Waals surface area contributed by atoms with Gasteiger partial charge in [-0.15, -0.1) is 0 Å². The molecule has 1 amide bonds. The van der Waals surface area contributed by atoms with Gasteiger partial charge in [0.25, 0.3) is 0 Å². The average molecular weight is 324 g/mol. The summed E-state index contributed by atoms with van der Waals surface area (Å²) < 4.78 is 0.820. The highest BCUT2D eigenvalue weighted by Gasteiger charge is 2.42. The number of amides is 1. The first kappa shape index (κ1) is 13.1. The Kier molecular flexibility index (Phi) is 3.58. The Morgan fingerprint density at radius 2 is 2.37 bits per heavy atom. The molecule has 4 nitrogen and oxygen atoms in total. The summed E-state index contributed by atoms with van der Waals surface area (Å²) in [6, 6.07) is 1.91. The van der Waals surface area contributed by atoms with Gasteiger partial charge in [0.2, 0.25) is 5.91 Å². The van der Waals surface area contributed by atoms with E-state index in [1.54, 1.807) is 6.20 Å². The van der Waals surface area contributed by atoms with Gasteiger partial charge in [-0.25, -0.2) is 4.98 Å². The fourth-order valence-electron chi connectivity index (χ4n) is 3.32. The van der Waals surface area contributed by atoms with Crippen molar-refractivity contribution in [3.05, 3.63) is 22.4 Å². The van der Waals surface area contributed by atoms with Crippen molar-refractivity contribution >= 4 is 27.5 Å². The van der Waals surface area contributed by atoms with E-state index in [1.807, 2.05) is 13.0 Å². The highest BCUT2D eigenvalue weighted by atomic mass is 79.9. The Hall–Kier alpha value is -0.940. The number of pyridine rings is 1. The zero-order valence-corrected chi connectivity index (χ0v) is 12.5. The zero-order chi connectivity index (χ0) is 13.4. The second kappa shape index (κ2) is 5.21. The maximum absolute atomic E-state index is 12.3. The largest absolute Gasteiger partial charge is 0.323 e. The molecule has 1 aromatic rings. The van der Waals surface area contributed by atoms with Crippen LogP contribution in [0.2, 0.25) is 0 Å². The number of nitrogens with zero attached hydrogens (tertiary/aromatic N) is 1. The topological polar surface area (TPSA) is 54.0 Å². The standard InChI is InChI=1S/C14H18BrN3O/c1-8-5-10(7-17-13(8)15)18-14(19)12-11-4-2-3-9(11)6-16-12/h5,7,9,11-12,16H,2-4,6H2,1H3,(H,18,19). The molecule has 0 aromatic carbocycles. The van der Waals surface area contributed by atoms with E-state index < -0.39 is 0 Å². The van der Waals surface area contributed by atoms with Crippen LogP contribution in [0, 0.1) is 18.8 Å². The minimum atomic E-state index is -0.0311. The Bertz CT molecular complexity index is 505. The molecule has 3 unspecified atom stereocenters. The monoisotopic (exact) mass is 323 g/mol. The molecule has 3 rings (SSSR count). The van der Waals surface area contributed by atoms with Crippen LogP contribution in [-0.4, -0.2) is 23.5 Å². The van der Waals surface area contributed by atoms with Gasteiger partial charge in [-0.2, -0.15) is 0 Å². The van der Waals surface area contributed by atoms with Gasteiger partial charge in [-0.3, -0.25) is 4.79 Å². The predicted octanol–water partition coefficient (Wildman–Crippen LogP) is 2.48. The van der Waals surface area contributed by atoms with E-state index in [9.17, 15) is 4.79 Å². The molecular formula is C14H18BrN3O. The number of halogens is 1. The Balaban J connectivity index is 1.69. The summed E-state index contributed by atoms with van der Waals surface area (Å²) >= 11 is 3.36. The first-order valence-electron chi connectivity index (χ1n) is 6.81. The van der Waals surface area contributed by atoms with Gasteiger partial charge in [0.15, 0.2) is 0 Å². The van der Waals surface area contributed by atoms with Gasteiger partial charge < -0.3 is 10.6 Å². The van der Waals surface area contributed by atoms with Gasteiger partial charge in [0.05, 0.1) is 17.9 Å². The summed E-state index contributed by atoms with van der Waals surface area (Å²) in [6.45, 7) is 2.95. The van der Waals surface area contributed by atoms with Gasteiger partial charge in [-0.05, 0) is 65.7 Å². The van der Waals surface area contributed by atoms with Crippen LogP contribution >= 0.6 is 15.9 Å². The molecule has 1 aliphatic carbocycles. The molecule has 1 aromatic heterocycles. The summed E-state index contributed by atoms with van der Waals surface area (Å²) in [5.74, 6) is 1.29. The Labute approximate surface area is 121 Å². The smallest absolute Gasteiger partial charge is 0.241 e. The van der Waals surface area contributed by atoms with E-state index in [-0.39, 0.29) is 11.9 Å². The fourth-order valence-corrected chi connectivity index (χ4v) is 3.54. The van der Waals surface area contributed by atoms with Crippen LogP contribution in [0.15, 0.2) is 16.9 Å². The summed E-state index contributed by atoms with van der Waals surface area (Å²) in [4.78, 5) is 16.5. The van der Waals surface area contributed by atoms with Gasteiger partial charge >= 0.3 is 0 Å². The van der Waals surface area contributed by atoms with Crippen molar-refractivity contribution in [3.8, 4) is 0 Å². The number of anilines is 1. The van der Waals surface area contributed by atoms with E-state index in [4.69, 9.17) is 0 Å². The van der Waals surface area contributed by atoms with E-state index >= 15 is 0 Å². The number of fused-ring (bicyclic) bond motifs is 1. The lowest BCUT2D eigenvalue weighted by molar-refractivity contribution is -0.118. The molecule has 0 bridgehead atoms. The SMILES string of the molecule is Cc1cc(NC(=O)C2NCC3CCCC32)cnc1Br. The van der Waals surface area contributed by atoms with Crippen LogP contribution in [0.25, 0.3) is 0 Å². The Morgan fingerprint density at radius 1 is 1.53 bits per heavy atom. The quantitative estimate of drug-likeness (QED) is 0.822. The predicted molar refractivity (Wildman–Crippen MR) is 77.9 cm³/mol. The van der Waals surface area contributed by atoms with E-state index in [1.165, 1.54) is 19.3 Å². The third kappa shape index (κ3) is 2.54. The lowest BCUT2D eigenvalue weighted by atomic mass is 9.93. The molecule has 19 heavy (non-hydrogen) atoms. The molecule has 0 radical (unpaired) electrons. The van der Waals surface area contributed by atoms with Crippen molar-refractivity contribution in [1.82, 2.24) is 10.3 Å². The molecule has 2 N–H and O–H groups in total. The molecule has 0 spiro atoms. The number of aryl methyl sites for hydroxylation is 1. The van der Waals surface area contributed by atoms with E-state index in [2.05, 4.69) is 31.5 Å². The number of carbonyl (C=O) groups is 1. The molecule has 3 atom stereocenters. The molecule has 1 saturated carbocycles. The molecule has 2 aliphatic rings. The van der Waals surface area contributed by atoms with Crippen molar-refractivity contribution in [2.75, 3.05) is 11.9 Å². The number of rotatable bonds is 2. The molecule has 2 heterocycles. The minimum absolute atomic E-state index is 0.0311. The van der Waals surface area contributed by atoms with Crippen LogP contribution in [0.1, 0.15) is 24.8 Å².